The lowest BCUT2D eigenvalue weighted by atomic mass is 10.0. The maximum atomic E-state index is 11.1. The third-order valence-corrected chi connectivity index (χ3v) is 5.00. The van der Waals surface area contributed by atoms with Crippen molar-refractivity contribution in [2.75, 3.05) is 33.2 Å². The minimum absolute atomic E-state index is 0.641. The van der Waals surface area contributed by atoms with Crippen molar-refractivity contribution in [2.24, 2.45) is 0 Å². The number of piperazine rings is 1. The number of benzene rings is 2. The molecule has 0 unspecified atom stereocenters. The van der Waals surface area contributed by atoms with Gasteiger partial charge in [0.05, 0.1) is 11.2 Å². The van der Waals surface area contributed by atoms with E-state index in [2.05, 4.69) is 51.1 Å². The molecule has 0 N–H and O–H groups in total. The summed E-state index contributed by atoms with van der Waals surface area (Å²) in [5.74, 6) is 0. The van der Waals surface area contributed by atoms with Crippen molar-refractivity contribution in [2.45, 2.75) is 6.54 Å². The lowest BCUT2D eigenvalue weighted by Crippen LogP contribution is -2.43. The molecule has 1 aliphatic heterocycles. The smallest absolute Gasteiger partial charge is 0.150 e. The highest BCUT2D eigenvalue weighted by Crippen LogP contribution is 2.27. The van der Waals surface area contributed by atoms with Gasteiger partial charge in [0.1, 0.15) is 12.6 Å². The zero-order valence-electron chi connectivity index (χ0n) is 14.9. The zero-order chi connectivity index (χ0) is 17.9. The van der Waals surface area contributed by atoms with E-state index in [4.69, 9.17) is 0 Å². The van der Waals surface area contributed by atoms with Gasteiger partial charge in [-0.1, -0.05) is 18.2 Å². The summed E-state index contributed by atoms with van der Waals surface area (Å²) in [6, 6.07) is 14.1. The number of aromatic nitrogens is 2. The zero-order valence-corrected chi connectivity index (χ0v) is 14.9. The number of hydrogen-bond acceptors (Lipinski definition) is 5. The van der Waals surface area contributed by atoms with Gasteiger partial charge in [-0.05, 0) is 36.9 Å². The van der Waals surface area contributed by atoms with Crippen LogP contribution in [0.2, 0.25) is 0 Å². The minimum atomic E-state index is 0.641. The van der Waals surface area contributed by atoms with Crippen molar-refractivity contribution in [1.82, 2.24) is 19.8 Å². The Kier molecular flexibility index (Phi) is 4.73. The summed E-state index contributed by atoms with van der Waals surface area (Å²) >= 11 is 0. The highest BCUT2D eigenvalue weighted by Gasteiger charge is 2.14. The van der Waals surface area contributed by atoms with Crippen LogP contribution in [0.25, 0.3) is 22.2 Å². The number of aldehydes is 1. The van der Waals surface area contributed by atoms with Crippen molar-refractivity contribution in [1.29, 1.82) is 0 Å². The van der Waals surface area contributed by atoms with Crippen LogP contribution in [0.4, 0.5) is 0 Å². The second-order valence-corrected chi connectivity index (χ2v) is 6.90. The minimum Gasteiger partial charge on any atom is -0.304 e. The first-order chi connectivity index (χ1) is 12.7. The largest absolute Gasteiger partial charge is 0.304 e. The van der Waals surface area contributed by atoms with E-state index >= 15 is 0 Å². The van der Waals surface area contributed by atoms with E-state index in [1.54, 1.807) is 12.4 Å². The summed E-state index contributed by atoms with van der Waals surface area (Å²) in [5, 5.41) is 0.911. The van der Waals surface area contributed by atoms with Crippen LogP contribution >= 0.6 is 0 Å². The number of nitrogens with zero attached hydrogens (tertiary/aromatic N) is 4. The van der Waals surface area contributed by atoms with Gasteiger partial charge in [-0.3, -0.25) is 9.69 Å². The average molecular weight is 346 g/mol. The summed E-state index contributed by atoms with van der Waals surface area (Å²) in [5.41, 5.74) is 4.71. The fourth-order valence-corrected chi connectivity index (χ4v) is 3.46. The topological polar surface area (TPSA) is 49.3 Å². The summed E-state index contributed by atoms with van der Waals surface area (Å²) in [6.45, 7) is 5.37. The first kappa shape index (κ1) is 16.8. The first-order valence-electron chi connectivity index (χ1n) is 8.93. The van der Waals surface area contributed by atoms with Crippen LogP contribution in [-0.4, -0.2) is 59.3 Å². The number of fused-ring (bicyclic) bond motifs is 1. The van der Waals surface area contributed by atoms with Crippen LogP contribution in [0, 0.1) is 0 Å². The van der Waals surface area contributed by atoms with Gasteiger partial charge >= 0.3 is 0 Å². The third kappa shape index (κ3) is 3.49. The summed E-state index contributed by atoms with van der Waals surface area (Å²) in [6.07, 6.45) is 2.45. The van der Waals surface area contributed by atoms with Crippen molar-refractivity contribution in [3.05, 3.63) is 59.9 Å². The molecule has 0 saturated carbocycles. The predicted molar refractivity (Wildman–Crippen MR) is 103 cm³/mol. The highest BCUT2D eigenvalue weighted by atomic mass is 16.1. The predicted octanol–water partition coefficient (Wildman–Crippen LogP) is 2.86. The second-order valence-electron chi connectivity index (χ2n) is 6.90. The normalized spacial score (nSPS) is 16.0. The number of carbonyl (C=O) groups excluding carboxylic acids is 1. The lowest BCUT2D eigenvalue weighted by Gasteiger charge is -2.32. The van der Waals surface area contributed by atoms with E-state index in [-0.39, 0.29) is 0 Å². The number of hydrogen-bond donors (Lipinski definition) is 0. The Morgan fingerprint density at radius 1 is 1.04 bits per heavy atom. The van der Waals surface area contributed by atoms with Crippen LogP contribution in [0.5, 0.6) is 0 Å². The van der Waals surface area contributed by atoms with Gasteiger partial charge in [-0.25, -0.2) is 9.97 Å². The molecule has 4 rings (SSSR count). The Balaban J connectivity index is 1.66. The van der Waals surface area contributed by atoms with E-state index in [0.717, 1.165) is 61.2 Å². The van der Waals surface area contributed by atoms with Gasteiger partial charge in [0, 0.05) is 49.2 Å². The molecule has 0 bridgehead atoms. The number of carbonyl (C=O) groups is 1. The van der Waals surface area contributed by atoms with Crippen LogP contribution in [0.15, 0.2) is 48.8 Å². The van der Waals surface area contributed by atoms with E-state index in [1.165, 1.54) is 5.56 Å². The third-order valence-electron chi connectivity index (χ3n) is 5.00. The van der Waals surface area contributed by atoms with Crippen molar-refractivity contribution < 1.29 is 4.79 Å². The SMILES string of the molecule is CN1CCN(Cc2cccc(-c3ncnc4ccc(C=O)cc34)c2)CC1. The van der Waals surface area contributed by atoms with Gasteiger partial charge in [-0.2, -0.15) is 0 Å². The molecular formula is C21H22N4O. The van der Waals surface area contributed by atoms with Gasteiger partial charge in [-0.15, -0.1) is 0 Å². The average Bonchev–Trinajstić information content (AvgIpc) is 2.69. The molecule has 0 aliphatic carbocycles. The maximum absolute atomic E-state index is 11.1. The van der Waals surface area contributed by atoms with Gasteiger partial charge in [0.2, 0.25) is 0 Å². The number of likely N-dealkylation sites (N-methyl/N-ethyl adjacent to an activating group) is 1. The molecule has 132 valence electrons. The monoisotopic (exact) mass is 346 g/mol. The van der Waals surface area contributed by atoms with Gasteiger partial charge in [0.15, 0.2) is 0 Å². The molecule has 0 spiro atoms. The Morgan fingerprint density at radius 2 is 1.88 bits per heavy atom. The van der Waals surface area contributed by atoms with Crippen LogP contribution in [0.3, 0.4) is 0 Å². The van der Waals surface area contributed by atoms with Gasteiger partial charge in [0.25, 0.3) is 0 Å². The molecule has 0 amide bonds. The quantitative estimate of drug-likeness (QED) is 0.680. The Morgan fingerprint density at radius 3 is 2.69 bits per heavy atom. The Labute approximate surface area is 153 Å². The van der Waals surface area contributed by atoms with Crippen molar-refractivity contribution in [3.8, 4) is 11.3 Å². The summed E-state index contributed by atoms with van der Waals surface area (Å²) < 4.78 is 0. The molecule has 1 fully saturated rings. The fourth-order valence-electron chi connectivity index (χ4n) is 3.46. The van der Waals surface area contributed by atoms with E-state index in [9.17, 15) is 4.79 Å². The van der Waals surface area contributed by atoms with Crippen molar-refractivity contribution >= 4 is 17.2 Å². The molecule has 0 atom stereocenters. The second kappa shape index (κ2) is 7.32. The first-order valence-corrected chi connectivity index (χ1v) is 8.93. The van der Waals surface area contributed by atoms with E-state index in [1.807, 2.05) is 12.1 Å². The molecule has 5 nitrogen and oxygen atoms in total. The molecule has 1 aromatic heterocycles. The van der Waals surface area contributed by atoms with Crippen LogP contribution in [-0.2, 0) is 6.54 Å². The van der Waals surface area contributed by atoms with Crippen LogP contribution in [0.1, 0.15) is 15.9 Å². The Bertz CT molecular complexity index is 932. The van der Waals surface area contributed by atoms with Crippen LogP contribution < -0.4 is 0 Å². The molecular weight excluding hydrogens is 324 g/mol. The lowest BCUT2D eigenvalue weighted by molar-refractivity contribution is 0.112. The molecule has 26 heavy (non-hydrogen) atoms. The molecule has 5 heteroatoms. The maximum Gasteiger partial charge on any atom is 0.150 e. The molecule has 2 aromatic carbocycles. The standard InChI is InChI=1S/C21H22N4O/c1-24-7-9-25(10-8-24)13-16-3-2-4-18(11-16)21-19-12-17(14-26)5-6-20(19)22-15-23-21/h2-6,11-12,14-15H,7-10,13H2,1H3. The molecule has 1 saturated heterocycles. The summed E-state index contributed by atoms with van der Waals surface area (Å²) in [7, 11) is 2.17. The molecule has 3 aromatic rings. The van der Waals surface area contributed by atoms with Gasteiger partial charge < -0.3 is 4.90 Å². The Hall–Kier alpha value is -2.63. The molecule has 0 radical (unpaired) electrons. The van der Waals surface area contributed by atoms with E-state index < -0.39 is 0 Å². The summed E-state index contributed by atoms with van der Waals surface area (Å²) in [4.78, 5) is 24.8. The number of rotatable bonds is 4. The molecule has 2 heterocycles. The molecule has 1 aliphatic rings. The fraction of sp³-hybridized carbons (Fsp3) is 0.286. The van der Waals surface area contributed by atoms with E-state index in [0.29, 0.717) is 5.56 Å². The van der Waals surface area contributed by atoms with Crippen molar-refractivity contribution in [3.63, 3.8) is 0 Å². The highest BCUT2D eigenvalue weighted by molar-refractivity contribution is 5.95.